The standard InChI is InChI=1S/C17H15N3O/c1-9-8-19-17(18)15-14-12-5-4-11(21-2)7-10(12)3-6-13(14)20-16(9)15/h3-8,20H,1-2H3,(H2,18,19). The van der Waals surface area contributed by atoms with Gasteiger partial charge in [-0.25, -0.2) is 4.98 Å². The number of nitrogens with two attached hydrogens (primary N) is 1. The number of rotatable bonds is 1. The second-order valence-electron chi connectivity index (χ2n) is 5.28. The fourth-order valence-corrected chi connectivity index (χ4v) is 2.98. The summed E-state index contributed by atoms with van der Waals surface area (Å²) in [4.78, 5) is 7.76. The molecule has 0 atom stereocenters. The zero-order chi connectivity index (χ0) is 14.6. The summed E-state index contributed by atoms with van der Waals surface area (Å²) in [7, 11) is 1.68. The lowest BCUT2D eigenvalue weighted by molar-refractivity contribution is 0.415. The molecule has 0 bridgehead atoms. The van der Waals surface area contributed by atoms with Crippen LogP contribution in [-0.4, -0.2) is 17.1 Å². The van der Waals surface area contributed by atoms with Gasteiger partial charge in [0, 0.05) is 17.1 Å². The lowest BCUT2D eigenvalue weighted by Gasteiger charge is -2.05. The number of H-pyrrole nitrogens is 1. The minimum absolute atomic E-state index is 0.560. The van der Waals surface area contributed by atoms with E-state index in [9.17, 15) is 0 Å². The van der Waals surface area contributed by atoms with Gasteiger partial charge in [-0.05, 0) is 47.5 Å². The zero-order valence-corrected chi connectivity index (χ0v) is 11.9. The second kappa shape index (κ2) is 4.12. The Hall–Kier alpha value is -2.75. The number of hydrogen-bond donors (Lipinski definition) is 2. The van der Waals surface area contributed by atoms with Crippen molar-refractivity contribution in [3.05, 3.63) is 42.1 Å². The summed E-state index contributed by atoms with van der Waals surface area (Å²) >= 11 is 0. The minimum atomic E-state index is 0.560. The number of nitrogens with one attached hydrogen (secondary N) is 1. The number of anilines is 1. The van der Waals surface area contributed by atoms with Crippen LogP contribution in [0.15, 0.2) is 36.5 Å². The maximum atomic E-state index is 6.13. The fraction of sp³-hybridized carbons (Fsp3) is 0.118. The van der Waals surface area contributed by atoms with E-state index in [4.69, 9.17) is 10.5 Å². The molecule has 0 fully saturated rings. The van der Waals surface area contributed by atoms with Crippen molar-refractivity contribution in [2.45, 2.75) is 6.92 Å². The number of benzene rings is 2. The topological polar surface area (TPSA) is 63.9 Å². The molecule has 0 saturated heterocycles. The molecule has 0 aliphatic rings. The number of methoxy groups -OCH3 is 1. The van der Waals surface area contributed by atoms with Gasteiger partial charge in [-0.15, -0.1) is 0 Å². The number of aryl methyl sites for hydroxylation is 1. The molecule has 0 aliphatic heterocycles. The number of hydrogen-bond acceptors (Lipinski definition) is 3. The van der Waals surface area contributed by atoms with Gasteiger partial charge in [0.2, 0.25) is 0 Å². The quantitative estimate of drug-likeness (QED) is 0.556. The number of aromatic nitrogens is 2. The number of nitrogens with zero attached hydrogens (tertiary/aromatic N) is 1. The lowest BCUT2D eigenvalue weighted by Crippen LogP contribution is -1.91. The maximum absolute atomic E-state index is 6.13. The highest BCUT2D eigenvalue weighted by atomic mass is 16.5. The third-order valence-electron chi connectivity index (χ3n) is 4.03. The molecule has 2 aromatic heterocycles. The molecule has 2 aromatic carbocycles. The van der Waals surface area contributed by atoms with Crippen molar-refractivity contribution in [2.75, 3.05) is 12.8 Å². The Kier molecular flexibility index (Phi) is 2.36. The van der Waals surface area contributed by atoms with Gasteiger partial charge in [-0.2, -0.15) is 0 Å². The Bertz CT molecular complexity index is 1000. The lowest BCUT2D eigenvalue weighted by atomic mass is 10.0. The monoisotopic (exact) mass is 277 g/mol. The molecule has 4 nitrogen and oxygen atoms in total. The number of ether oxygens (including phenoxy) is 1. The summed E-state index contributed by atoms with van der Waals surface area (Å²) in [6.07, 6.45) is 1.80. The Morgan fingerprint density at radius 1 is 1.14 bits per heavy atom. The van der Waals surface area contributed by atoms with E-state index in [-0.39, 0.29) is 0 Å². The number of pyridine rings is 1. The third kappa shape index (κ3) is 1.59. The van der Waals surface area contributed by atoms with Crippen LogP contribution in [-0.2, 0) is 0 Å². The Balaban J connectivity index is 2.26. The molecular formula is C17H15N3O. The number of nitrogen functional groups attached to an aromatic ring is 1. The van der Waals surface area contributed by atoms with Crippen LogP contribution in [0.2, 0.25) is 0 Å². The van der Waals surface area contributed by atoms with Gasteiger partial charge >= 0.3 is 0 Å². The molecule has 0 amide bonds. The van der Waals surface area contributed by atoms with Gasteiger partial charge in [0.15, 0.2) is 0 Å². The van der Waals surface area contributed by atoms with E-state index >= 15 is 0 Å². The Morgan fingerprint density at radius 2 is 2.00 bits per heavy atom. The molecule has 0 unspecified atom stereocenters. The zero-order valence-electron chi connectivity index (χ0n) is 11.9. The Labute approximate surface area is 121 Å². The van der Waals surface area contributed by atoms with Crippen molar-refractivity contribution >= 4 is 38.4 Å². The summed E-state index contributed by atoms with van der Waals surface area (Å²) in [5.74, 6) is 1.41. The summed E-state index contributed by atoms with van der Waals surface area (Å²) in [5.41, 5.74) is 9.35. The first-order valence-corrected chi connectivity index (χ1v) is 6.82. The molecule has 0 spiro atoms. The van der Waals surface area contributed by atoms with Gasteiger partial charge in [0.05, 0.1) is 18.0 Å². The average Bonchev–Trinajstić information content (AvgIpc) is 2.91. The van der Waals surface area contributed by atoms with E-state index in [1.165, 1.54) is 0 Å². The van der Waals surface area contributed by atoms with Crippen LogP contribution in [0.3, 0.4) is 0 Å². The first kappa shape index (κ1) is 12.0. The highest BCUT2D eigenvalue weighted by Gasteiger charge is 2.13. The number of aromatic amines is 1. The van der Waals surface area contributed by atoms with Crippen molar-refractivity contribution in [3.8, 4) is 5.75 Å². The Morgan fingerprint density at radius 3 is 2.81 bits per heavy atom. The van der Waals surface area contributed by atoms with Crippen LogP contribution in [0, 0.1) is 6.92 Å². The molecule has 0 radical (unpaired) electrons. The molecule has 104 valence electrons. The second-order valence-corrected chi connectivity index (χ2v) is 5.28. The first-order valence-electron chi connectivity index (χ1n) is 6.82. The largest absolute Gasteiger partial charge is 0.497 e. The molecule has 2 heterocycles. The molecule has 0 aliphatic carbocycles. The average molecular weight is 277 g/mol. The van der Waals surface area contributed by atoms with Crippen molar-refractivity contribution in [1.29, 1.82) is 0 Å². The number of fused-ring (bicyclic) bond motifs is 5. The molecule has 21 heavy (non-hydrogen) atoms. The smallest absolute Gasteiger partial charge is 0.133 e. The third-order valence-corrected chi connectivity index (χ3v) is 4.03. The van der Waals surface area contributed by atoms with Crippen LogP contribution in [0.5, 0.6) is 5.75 Å². The predicted molar refractivity (Wildman–Crippen MR) is 86.8 cm³/mol. The molecule has 4 heteroatoms. The highest BCUT2D eigenvalue weighted by molar-refractivity contribution is 6.23. The van der Waals surface area contributed by atoms with Crippen molar-refractivity contribution in [1.82, 2.24) is 9.97 Å². The molecule has 4 rings (SSSR count). The first-order chi connectivity index (χ1) is 10.2. The predicted octanol–water partition coefficient (Wildman–Crippen LogP) is 3.77. The molecule has 3 N–H and O–H groups in total. The van der Waals surface area contributed by atoms with E-state index in [0.29, 0.717) is 5.82 Å². The van der Waals surface area contributed by atoms with Crippen LogP contribution >= 0.6 is 0 Å². The molecular weight excluding hydrogens is 262 g/mol. The van der Waals surface area contributed by atoms with E-state index < -0.39 is 0 Å². The molecule has 4 aromatic rings. The maximum Gasteiger partial charge on any atom is 0.133 e. The molecule has 0 saturated carbocycles. The van der Waals surface area contributed by atoms with Crippen molar-refractivity contribution in [3.63, 3.8) is 0 Å². The summed E-state index contributed by atoms with van der Waals surface area (Å²) < 4.78 is 5.30. The fourth-order valence-electron chi connectivity index (χ4n) is 2.98. The van der Waals surface area contributed by atoms with Crippen molar-refractivity contribution < 1.29 is 4.74 Å². The van der Waals surface area contributed by atoms with Crippen molar-refractivity contribution in [2.24, 2.45) is 0 Å². The van der Waals surface area contributed by atoms with E-state index in [0.717, 1.165) is 43.9 Å². The summed E-state index contributed by atoms with van der Waals surface area (Å²) in [6.45, 7) is 2.04. The summed E-state index contributed by atoms with van der Waals surface area (Å²) in [5, 5.41) is 4.40. The van der Waals surface area contributed by atoms with Gasteiger partial charge in [0.25, 0.3) is 0 Å². The van der Waals surface area contributed by atoms with Gasteiger partial charge in [0.1, 0.15) is 11.6 Å². The van der Waals surface area contributed by atoms with Gasteiger partial charge < -0.3 is 15.5 Å². The van der Waals surface area contributed by atoms with Crippen LogP contribution in [0.4, 0.5) is 5.82 Å². The van der Waals surface area contributed by atoms with Crippen LogP contribution < -0.4 is 10.5 Å². The van der Waals surface area contributed by atoms with E-state index in [2.05, 4.69) is 28.2 Å². The van der Waals surface area contributed by atoms with Gasteiger partial charge in [-0.1, -0.05) is 6.07 Å². The van der Waals surface area contributed by atoms with Gasteiger partial charge in [-0.3, -0.25) is 0 Å². The normalized spacial score (nSPS) is 11.5. The summed E-state index contributed by atoms with van der Waals surface area (Å²) in [6, 6.07) is 10.3. The SMILES string of the molecule is COc1ccc2c(ccc3[nH]c4c(C)cnc(N)c4c32)c1. The van der Waals surface area contributed by atoms with Crippen LogP contribution in [0.1, 0.15) is 5.56 Å². The highest BCUT2D eigenvalue weighted by Crippen LogP contribution is 2.36. The van der Waals surface area contributed by atoms with E-state index in [1.807, 2.05) is 19.1 Å². The minimum Gasteiger partial charge on any atom is -0.497 e. The van der Waals surface area contributed by atoms with E-state index in [1.54, 1.807) is 13.3 Å². The van der Waals surface area contributed by atoms with Crippen LogP contribution in [0.25, 0.3) is 32.6 Å².